The molecule has 1 N–H and O–H groups in total. The molecule has 2 aromatic heterocycles. The van der Waals surface area contributed by atoms with Gasteiger partial charge in [0.05, 0.1) is 5.75 Å². The van der Waals surface area contributed by atoms with Crippen LogP contribution in [0.25, 0.3) is 22.1 Å². The zero-order chi connectivity index (χ0) is 22.8. The first-order valence-corrected chi connectivity index (χ1v) is 11.4. The lowest BCUT2D eigenvalue weighted by atomic mass is 10.1. The number of halogens is 1. The maximum Gasteiger partial charge on any atom is 0.297 e. The normalized spacial score (nSPS) is 11.5. The van der Waals surface area contributed by atoms with Gasteiger partial charge in [-0.25, -0.2) is 9.37 Å². The van der Waals surface area contributed by atoms with Gasteiger partial charge < -0.3 is 9.73 Å². The number of carbonyl (C=O) groups is 1. The van der Waals surface area contributed by atoms with E-state index in [0.29, 0.717) is 40.0 Å². The third kappa shape index (κ3) is 4.55. The van der Waals surface area contributed by atoms with Crippen molar-refractivity contribution in [1.29, 1.82) is 0 Å². The molecule has 0 spiro atoms. The summed E-state index contributed by atoms with van der Waals surface area (Å²) >= 11 is 1.20. The molecule has 0 atom stereocenters. The van der Waals surface area contributed by atoms with E-state index in [2.05, 4.69) is 19.2 Å². The van der Waals surface area contributed by atoms with E-state index < -0.39 is 0 Å². The number of hydrogen-bond donors (Lipinski definition) is 1. The average molecular weight is 454 g/mol. The number of aromatic nitrogens is 2. The maximum absolute atomic E-state index is 13.3. The highest BCUT2D eigenvalue weighted by molar-refractivity contribution is 7.99. The Hall–Kier alpha value is -3.13. The van der Waals surface area contributed by atoms with Crippen molar-refractivity contribution in [2.75, 3.05) is 11.1 Å². The highest BCUT2D eigenvalue weighted by Gasteiger charge is 2.19. The van der Waals surface area contributed by atoms with Crippen LogP contribution in [0.2, 0.25) is 0 Å². The lowest BCUT2D eigenvalue weighted by Gasteiger charge is -2.13. The molecule has 2 aromatic carbocycles. The Kier molecular flexibility index (Phi) is 6.32. The molecule has 0 aliphatic heterocycles. The number of fused-ring (bicyclic) bond motifs is 3. The predicted molar refractivity (Wildman–Crippen MR) is 126 cm³/mol. The molecule has 1 amide bonds. The maximum atomic E-state index is 13.3. The van der Waals surface area contributed by atoms with Crippen molar-refractivity contribution < 1.29 is 13.6 Å². The van der Waals surface area contributed by atoms with E-state index in [-0.39, 0.29) is 28.6 Å². The van der Waals surface area contributed by atoms with Crippen LogP contribution in [-0.2, 0) is 11.3 Å². The molecule has 0 bridgehead atoms. The standard InChI is InChI=1S/C24H24FN3O3S/c1-14(2)10-11-28-23(30)22-21(17-6-4-5-7-19(17)31-22)27-24(28)32-13-20(29)26-18-9-8-16(25)12-15(18)3/h4-9,12,14H,10-11,13H2,1-3H3,(H,26,29). The number of anilines is 1. The van der Waals surface area contributed by atoms with Crippen molar-refractivity contribution in [3.05, 3.63) is 64.2 Å². The summed E-state index contributed by atoms with van der Waals surface area (Å²) in [6.07, 6.45) is 0.794. The molecule has 4 aromatic rings. The van der Waals surface area contributed by atoms with E-state index in [1.54, 1.807) is 17.6 Å². The average Bonchev–Trinajstić information content (AvgIpc) is 3.12. The predicted octanol–water partition coefficient (Wildman–Crippen LogP) is 5.37. The van der Waals surface area contributed by atoms with Crippen LogP contribution in [0.3, 0.4) is 0 Å². The molecule has 6 nitrogen and oxygen atoms in total. The van der Waals surface area contributed by atoms with Gasteiger partial charge in [-0.1, -0.05) is 37.7 Å². The lowest BCUT2D eigenvalue weighted by molar-refractivity contribution is -0.113. The van der Waals surface area contributed by atoms with Gasteiger partial charge in [-0.05, 0) is 55.2 Å². The molecule has 0 saturated carbocycles. The Morgan fingerprint density at radius 2 is 2.03 bits per heavy atom. The van der Waals surface area contributed by atoms with Gasteiger partial charge in [0.1, 0.15) is 16.9 Å². The Balaban J connectivity index is 1.64. The Morgan fingerprint density at radius 1 is 1.25 bits per heavy atom. The number of para-hydroxylation sites is 1. The first-order chi connectivity index (χ1) is 15.3. The minimum absolute atomic E-state index is 0.0617. The van der Waals surface area contributed by atoms with Gasteiger partial charge in [0, 0.05) is 17.6 Å². The van der Waals surface area contributed by atoms with Gasteiger partial charge >= 0.3 is 0 Å². The summed E-state index contributed by atoms with van der Waals surface area (Å²) in [4.78, 5) is 30.5. The molecule has 4 rings (SSSR count). The van der Waals surface area contributed by atoms with E-state index in [4.69, 9.17) is 9.40 Å². The second-order valence-electron chi connectivity index (χ2n) is 8.11. The van der Waals surface area contributed by atoms with Crippen LogP contribution in [0.5, 0.6) is 0 Å². The second-order valence-corrected chi connectivity index (χ2v) is 9.05. The largest absolute Gasteiger partial charge is 0.448 e. The van der Waals surface area contributed by atoms with Crippen LogP contribution in [0.4, 0.5) is 10.1 Å². The molecule has 0 aliphatic carbocycles. The summed E-state index contributed by atoms with van der Waals surface area (Å²) in [6.45, 7) is 6.39. The van der Waals surface area contributed by atoms with Gasteiger partial charge in [-0.15, -0.1) is 0 Å². The summed E-state index contributed by atoms with van der Waals surface area (Å²) in [5.74, 6) is -0.150. The second kappa shape index (κ2) is 9.16. The van der Waals surface area contributed by atoms with E-state index in [1.165, 1.54) is 30.0 Å². The van der Waals surface area contributed by atoms with Gasteiger partial charge in [0.15, 0.2) is 5.16 Å². The fourth-order valence-corrected chi connectivity index (χ4v) is 4.25. The zero-order valence-corrected chi connectivity index (χ0v) is 19.0. The van der Waals surface area contributed by atoms with Crippen LogP contribution in [-0.4, -0.2) is 21.2 Å². The first kappa shape index (κ1) is 22.1. The molecular formula is C24H24FN3O3S. The number of thioether (sulfide) groups is 1. The van der Waals surface area contributed by atoms with Crippen molar-refractivity contribution in [3.63, 3.8) is 0 Å². The van der Waals surface area contributed by atoms with Gasteiger partial charge in [-0.2, -0.15) is 0 Å². The van der Waals surface area contributed by atoms with Crippen molar-refractivity contribution >= 4 is 45.4 Å². The molecule has 0 saturated heterocycles. The molecule has 0 radical (unpaired) electrons. The number of nitrogens with zero attached hydrogens (tertiary/aromatic N) is 2. The smallest absolute Gasteiger partial charge is 0.297 e. The van der Waals surface area contributed by atoms with E-state index >= 15 is 0 Å². The molecule has 8 heteroatoms. The monoisotopic (exact) mass is 453 g/mol. The molecule has 166 valence electrons. The van der Waals surface area contributed by atoms with Gasteiger partial charge in [0.2, 0.25) is 11.5 Å². The van der Waals surface area contributed by atoms with Crippen LogP contribution in [0.1, 0.15) is 25.8 Å². The van der Waals surface area contributed by atoms with E-state index in [1.807, 2.05) is 18.2 Å². The highest BCUT2D eigenvalue weighted by atomic mass is 32.2. The number of amides is 1. The topological polar surface area (TPSA) is 77.1 Å². The third-order valence-corrected chi connectivity index (χ3v) is 6.15. The summed E-state index contributed by atoms with van der Waals surface area (Å²) in [5, 5.41) is 4.03. The number of benzene rings is 2. The molecule has 0 unspecified atom stereocenters. The van der Waals surface area contributed by atoms with Gasteiger partial charge in [0.25, 0.3) is 5.56 Å². The zero-order valence-electron chi connectivity index (χ0n) is 18.1. The number of carbonyl (C=O) groups excluding carboxylic acids is 1. The minimum Gasteiger partial charge on any atom is -0.448 e. The quantitative estimate of drug-likeness (QED) is 0.301. The van der Waals surface area contributed by atoms with Crippen LogP contribution in [0.15, 0.2) is 56.8 Å². The number of nitrogens with one attached hydrogen (secondary N) is 1. The van der Waals surface area contributed by atoms with Crippen LogP contribution < -0.4 is 10.9 Å². The number of aryl methyl sites for hydroxylation is 1. The van der Waals surface area contributed by atoms with Crippen molar-refractivity contribution in [3.8, 4) is 0 Å². The van der Waals surface area contributed by atoms with Crippen LogP contribution in [0, 0.1) is 18.7 Å². The molecule has 32 heavy (non-hydrogen) atoms. The number of rotatable bonds is 7. The molecular weight excluding hydrogens is 429 g/mol. The Bertz CT molecular complexity index is 1360. The van der Waals surface area contributed by atoms with E-state index in [0.717, 1.165) is 11.8 Å². The number of hydrogen-bond acceptors (Lipinski definition) is 5. The molecule has 2 heterocycles. The third-order valence-electron chi connectivity index (χ3n) is 5.17. The molecule has 0 aliphatic rings. The first-order valence-electron chi connectivity index (χ1n) is 10.4. The fraction of sp³-hybridized carbons (Fsp3) is 0.292. The summed E-state index contributed by atoms with van der Waals surface area (Å²) in [6, 6.07) is 11.6. The number of furan rings is 1. The van der Waals surface area contributed by atoms with E-state index in [9.17, 15) is 14.0 Å². The van der Waals surface area contributed by atoms with Crippen molar-refractivity contribution in [2.45, 2.75) is 38.9 Å². The summed E-state index contributed by atoms with van der Waals surface area (Å²) < 4.78 is 20.7. The van der Waals surface area contributed by atoms with Crippen molar-refractivity contribution in [1.82, 2.24) is 9.55 Å². The SMILES string of the molecule is Cc1cc(F)ccc1NC(=O)CSc1nc2c(oc3ccccc32)c(=O)n1CCC(C)C. The Labute approximate surface area is 188 Å². The Morgan fingerprint density at radius 3 is 2.78 bits per heavy atom. The van der Waals surface area contributed by atoms with Crippen molar-refractivity contribution in [2.24, 2.45) is 5.92 Å². The highest BCUT2D eigenvalue weighted by Crippen LogP contribution is 2.27. The van der Waals surface area contributed by atoms with Gasteiger partial charge in [-0.3, -0.25) is 14.2 Å². The lowest BCUT2D eigenvalue weighted by Crippen LogP contribution is -2.24. The fourth-order valence-electron chi connectivity index (χ4n) is 3.43. The molecule has 0 fully saturated rings. The summed E-state index contributed by atoms with van der Waals surface area (Å²) in [5.41, 5.74) is 2.28. The summed E-state index contributed by atoms with van der Waals surface area (Å²) in [7, 11) is 0. The van der Waals surface area contributed by atoms with Crippen LogP contribution >= 0.6 is 11.8 Å². The minimum atomic E-state index is -0.353.